The predicted molar refractivity (Wildman–Crippen MR) is 75.7 cm³/mol. The molecule has 0 heterocycles. The summed E-state index contributed by atoms with van der Waals surface area (Å²) in [6.45, 7) is 1.65. The molecule has 0 radical (unpaired) electrons. The van der Waals surface area contributed by atoms with Gasteiger partial charge in [-0.1, -0.05) is 0 Å². The zero-order valence-corrected chi connectivity index (χ0v) is 12.5. The monoisotopic (exact) mass is 325 g/mol. The molecule has 0 aliphatic heterocycles. The average Bonchev–Trinajstić information content (AvgIpc) is 2.37. The van der Waals surface area contributed by atoms with Gasteiger partial charge in [0.1, 0.15) is 5.75 Å². The van der Waals surface area contributed by atoms with E-state index < -0.39 is 31.6 Å². The van der Waals surface area contributed by atoms with Crippen LogP contribution in [0.25, 0.3) is 0 Å². The maximum Gasteiger partial charge on any atom is 0.293 e. The van der Waals surface area contributed by atoms with Crippen LogP contribution in [0.1, 0.15) is 6.92 Å². The van der Waals surface area contributed by atoms with Crippen LogP contribution in [0.2, 0.25) is 0 Å². The molecular formula is C10H16ClN3O5S. The molecular weight excluding hydrogens is 310 g/mol. The summed E-state index contributed by atoms with van der Waals surface area (Å²) in [5, 5.41) is 10.9. The highest BCUT2D eigenvalue weighted by molar-refractivity contribution is 7.89. The standard InChI is InChI=1S/C10H15N3O5S.ClH/c1-7(6-11)12-19(16,17)10-4-3-8(18-2)5-9(10)13(14)15;/h3-5,7,12H,6,11H2,1-2H3;1H/t7-;/m1./s1. The Morgan fingerprint density at radius 1 is 1.50 bits per heavy atom. The molecule has 8 nitrogen and oxygen atoms in total. The van der Waals surface area contributed by atoms with E-state index in [-0.39, 0.29) is 24.7 Å². The Kier molecular flexibility index (Phi) is 6.86. The number of hydrogen-bond acceptors (Lipinski definition) is 6. The highest BCUT2D eigenvalue weighted by Gasteiger charge is 2.27. The molecule has 0 bridgehead atoms. The van der Waals surface area contributed by atoms with Gasteiger partial charge in [-0.3, -0.25) is 10.1 Å². The van der Waals surface area contributed by atoms with Crippen LogP contribution in [0, 0.1) is 10.1 Å². The molecule has 1 aromatic rings. The highest BCUT2D eigenvalue weighted by atomic mass is 35.5. The number of benzene rings is 1. The topological polar surface area (TPSA) is 125 Å². The third-order valence-electron chi connectivity index (χ3n) is 2.36. The van der Waals surface area contributed by atoms with Gasteiger partial charge in [-0.2, -0.15) is 0 Å². The zero-order chi connectivity index (χ0) is 14.6. The number of nitrogens with one attached hydrogen (secondary N) is 1. The minimum Gasteiger partial charge on any atom is -0.497 e. The fourth-order valence-electron chi connectivity index (χ4n) is 1.37. The fraction of sp³-hybridized carbons (Fsp3) is 0.400. The van der Waals surface area contributed by atoms with E-state index in [9.17, 15) is 18.5 Å². The summed E-state index contributed by atoms with van der Waals surface area (Å²) in [7, 11) is -2.66. The van der Waals surface area contributed by atoms with Crippen molar-refractivity contribution in [1.82, 2.24) is 4.72 Å². The summed E-state index contributed by atoms with van der Waals surface area (Å²) in [5.74, 6) is 0.206. The smallest absolute Gasteiger partial charge is 0.293 e. The van der Waals surface area contributed by atoms with Crippen LogP contribution in [-0.4, -0.2) is 33.0 Å². The molecule has 0 saturated carbocycles. The molecule has 0 saturated heterocycles. The minimum atomic E-state index is -4.00. The van der Waals surface area contributed by atoms with E-state index in [1.807, 2.05) is 0 Å². The van der Waals surface area contributed by atoms with Crippen molar-refractivity contribution in [3.63, 3.8) is 0 Å². The lowest BCUT2D eigenvalue weighted by atomic mass is 10.3. The van der Waals surface area contributed by atoms with E-state index in [1.165, 1.54) is 13.2 Å². The Morgan fingerprint density at radius 3 is 2.55 bits per heavy atom. The molecule has 1 rings (SSSR count). The van der Waals surface area contributed by atoms with Crippen LogP contribution in [0.15, 0.2) is 23.1 Å². The number of sulfonamides is 1. The van der Waals surface area contributed by atoms with E-state index in [1.54, 1.807) is 6.92 Å². The molecule has 0 unspecified atom stereocenters. The quantitative estimate of drug-likeness (QED) is 0.584. The molecule has 20 heavy (non-hydrogen) atoms. The number of methoxy groups -OCH3 is 1. The molecule has 3 N–H and O–H groups in total. The van der Waals surface area contributed by atoms with Crippen LogP contribution < -0.4 is 15.2 Å². The van der Waals surface area contributed by atoms with Gasteiger partial charge in [0.15, 0.2) is 4.90 Å². The van der Waals surface area contributed by atoms with Crippen molar-refractivity contribution in [2.45, 2.75) is 17.9 Å². The molecule has 0 amide bonds. The number of nitrogens with two attached hydrogens (primary N) is 1. The molecule has 0 spiro atoms. The summed E-state index contributed by atoms with van der Waals surface area (Å²) in [5.41, 5.74) is 4.77. The van der Waals surface area contributed by atoms with Gasteiger partial charge in [0, 0.05) is 12.6 Å². The number of halogens is 1. The summed E-state index contributed by atoms with van der Waals surface area (Å²) < 4.78 is 31.1. The van der Waals surface area contributed by atoms with Gasteiger partial charge in [-0.05, 0) is 19.1 Å². The van der Waals surface area contributed by atoms with Crippen LogP contribution in [0.4, 0.5) is 5.69 Å². The van der Waals surface area contributed by atoms with Crippen LogP contribution in [0.3, 0.4) is 0 Å². The van der Waals surface area contributed by atoms with Crippen LogP contribution in [0.5, 0.6) is 5.75 Å². The molecule has 0 aliphatic carbocycles. The van der Waals surface area contributed by atoms with Crippen molar-refractivity contribution in [2.24, 2.45) is 5.73 Å². The summed E-state index contributed by atoms with van der Waals surface area (Å²) >= 11 is 0. The van der Waals surface area contributed by atoms with Crippen molar-refractivity contribution in [3.05, 3.63) is 28.3 Å². The Hall–Kier alpha value is -1.42. The van der Waals surface area contributed by atoms with Crippen molar-refractivity contribution in [3.8, 4) is 5.75 Å². The van der Waals surface area contributed by atoms with Crippen LogP contribution in [-0.2, 0) is 10.0 Å². The first-order valence-corrected chi connectivity index (χ1v) is 6.85. The number of nitro groups is 1. The van der Waals surface area contributed by atoms with Gasteiger partial charge in [-0.25, -0.2) is 13.1 Å². The van der Waals surface area contributed by atoms with Crippen molar-refractivity contribution in [1.29, 1.82) is 0 Å². The van der Waals surface area contributed by atoms with E-state index >= 15 is 0 Å². The number of ether oxygens (including phenoxy) is 1. The van der Waals surface area contributed by atoms with Gasteiger partial charge < -0.3 is 10.5 Å². The molecule has 0 aliphatic rings. The van der Waals surface area contributed by atoms with Gasteiger partial charge in [0.25, 0.3) is 5.69 Å². The van der Waals surface area contributed by atoms with Crippen molar-refractivity contribution in [2.75, 3.05) is 13.7 Å². The first kappa shape index (κ1) is 18.6. The number of rotatable bonds is 6. The lowest BCUT2D eigenvalue weighted by molar-refractivity contribution is -0.387. The normalized spacial score (nSPS) is 12.3. The molecule has 1 atom stereocenters. The summed E-state index contributed by atoms with van der Waals surface area (Å²) in [4.78, 5) is 9.73. The summed E-state index contributed by atoms with van der Waals surface area (Å²) in [6, 6.07) is 3.01. The largest absolute Gasteiger partial charge is 0.497 e. The van der Waals surface area contributed by atoms with E-state index in [4.69, 9.17) is 10.5 Å². The van der Waals surface area contributed by atoms with Gasteiger partial charge in [0.2, 0.25) is 10.0 Å². The molecule has 0 aromatic heterocycles. The van der Waals surface area contributed by atoms with Crippen molar-refractivity contribution < 1.29 is 18.1 Å². The Bertz CT molecular complexity index is 578. The fourth-order valence-corrected chi connectivity index (χ4v) is 2.78. The lowest BCUT2D eigenvalue weighted by Crippen LogP contribution is -2.37. The second-order valence-electron chi connectivity index (χ2n) is 3.85. The second kappa shape index (κ2) is 7.39. The predicted octanol–water partition coefficient (Wildman–Crippen LogP) is 0.651. The molecule has 114 valence electrons. The highest BCUT2D eigenvalue weighted by Crippen LogP contribution is 2.28. The summed E-state index contributed by atoms with van der Waals surface area (Å²) in [6.07, 6.45) is 0. The first-order chi connectivity index (χ1) is 8.81. The number of hydrogen-bond donors (Lipinski definition) is 2. The maximum atomic E-state index is 12.0. The first-order valence-electron chi connectivity index (χ1n) is 5.36. The molecule has 10 heteroatoms. The SMILES string of the molecule is COc1ccc(S(=O)(=O)N[C@H](C)CN)c([N+](=O)[O-])c1.Cl. The Morgan fingerprint density at radius 2 is 2.10 bits per heavy atom. The minimum absolute atomic E-state index is 0. The Balaban J connectivity index is 0.00000361. The van der Waals surface area contributed by atoms with Crippen molar-refractivity contribution >= 4 is 28.1 Å². The molecule has 1 aromatic carbocycles. The Labute approximate surface area is 122 Å². The van der Waals surface area contributed by atoms with E-state index in [2.05, 4.69) is 4.72 Å². The van der Waals surface area contributed by atoms with E-state index in [0.717, 1.165) is 12.1 Å². The number of nitro benzene ring substituents is 1. The second-order valence-corrected chi connectivity index (χ2v) is 5.53. The average molecular weight is 326 g/mol. The van der Waals surface area contributed by atoms with Crippen LogP contribution >= 0.6 is 12.4 Å². The van der Waals surface area contributed by atoms with Gasteiger partial charge >= 0.3 is 0 Å². The molecule has 0 fully saturated rings. The zero-order valence-electron chi connectivity index (χ0n) is 10.9. The van der Waals surface area contributed by atoms with Gasteiger partial charge in [0.05, 0.1) is 18.1 Å². The lowest BCUT2D eigenvalue weighted by Gasteiger charge is -2.12. The third-order valence-corrected chi connectivity index (χ3v) is 4.00. The maximum absolute atomic E-state index is 12.0. The van der Waals surface area contributed by atoms with E-state index in [0.29, 0.717) is 0 Å². The van der Waals surface area contributed by atoms with Gasteiger partial charge in [-0.15, -0.1) is 12.4 Å². The number of nitrogens with zero attached hydrogens (tertiary/aromatic N) is 1. The third kappa shape index (κ3) is 4.30.